The van der Waals surface area contributed by atoms with Crippen LogP contribution in [0.4, 0.5) is 9.59 Å². The van der Waals surface area contributed by atoms with Crippen LogP contribution in [0.2, 0.25) is 0 Å². The second-order valence-electron chi connectivity index (χ2n) is 12.8. The summed E-state index contributed by atoms with van der Waals surface area (Å²) in [6, 6.07) is 13.0. The van der Waals surface area contributed by atoms with Crippen molar-refractivity contribution in [2.75, 3.05) is 13.1 Å². The fraction of sp³-hybridized carbons (Fsp3) is 0.471. The Morgan fingerprint density at radius 2 is 1.64 bits per heavy atom. The number of hydrogen-bond acceptors (Lipinski definition) is 7. The number of benzene rings is 2. The Kier molecular flexibility index (Phi) is 11.6. The van der Waals surface area contributed by atoms with Crippen LogP contribution < -0.4 is 20.7 Å². The number of likely N-dealkylation sites (tertiary alicyclic amines) is 1. The largest absolute Gasteiger partial charge is 0.444 e. The molecular weight excluding hydrogens is 576 g/mol. The van der Waals surface area contributed by atoms with Gasteiger partial charge in [-0.2, -0.15) is 0 Å². The van der Waals surface area contributed by atoms with Crippen LogP contribution in [0.3, 0.4) is 0 Å². The number of rotatable bonds is 10. The maximum absolute atomic E-state index is 14.2. The van der Waals surface area contributed by atoms with Crippen LogP contribution in [0, 0.1) is 17.8 Å². The standard InChI is InChI=1S/C34H44N4O7/c1-8-23-14-16-24(17-15-23)22(2)36-29(40)27-20-25(39)21-38(27)30(41)28(37-32(43)44-26-12-10-9-11-13-26)34(6,7)18-19-35-31(42)45-33(3,4)5/h1,9-17,22,25,27-28,39H,18-21H2,2-7H3,(H,35,42)(H,36,40)(H,37,43)/t22-,25+,27-,28-/m0/s1. The average molecular weight is 621 g/mol. The molecule has 3 rings (SSSR count). The topological polar surface area (TPSA) is 146 Å². The minimum atomic E-state index is -1.18. The summed E-state index contributed by atoms with van der Waals surface area (Å²) in [5, 5.41) is 18.9. The quantitative estimate of drug-likeness (QED) is 0.295. The maximum atomic E-state index is 14.2. The fourth-order valence-electron chi connectivity index (χ4n) is 5.01. The minimum absolute atomic E-state index is 0.0299. The van der Waals surface area contributed by atoms with Crippen LogP contribution in [0.1, 0.15) is 71.6 Å². The lowest BCUT2D eigenvalue weighted by molar-refractivity contribution is -0.142. The molecule has 1 aliphatic rings. The lowest BCUT2D eigenvalue weighted by atomic mass is 9.80. The molecule has 4 amide bonds. The molecule has 11 nitrogen and oxygen atoms in total. The van der Waals surface area contributed by atoms with Crippen molar-refractivity contribution < 1.29 is 33.8 Å². The lowest BCUT2D eigenvalue weighted by Crippen LogP contribution is -2.59. The molecule has 0 spiro atoms. The molecule has 0 aliphatic carbocycles. The number of nitrogens with zero attached hydrogens (tertiary/aromatic N) is 1. The predicted molar refractivity (Wildman–Crippen MR) is 169 cm³/mol. The molecule has 242 valence electrons. The summed E-state index contributed by atoms with van der Waals surface area (Å²) in [4.78, 5) is 54.2. The Hall–Kier alpha value is -4.56. The van der Waals surface area contributed by atoms with Crippen molar-refractivity contribution in [3.05, 3.63) is 65.7 Å². The Labute approximate surface area is 265 Å². The molecule has 1 fully saturated rings. The van der Waals surface area contributed by atoms with Crippen molar-refractivity contribution in [3.63, 3.8) is 0 Å². The number of ether oxygens (including phenoxy) is 2. The van der Waals surface area contributed by atoms with E-state index in [0.29, 0.717) is 5.56 Å². The SMILES string of the molecule is C#Cc1ccc([C@H](C)NC(=O)[C@@H]2C[C@@H](O)CN2C(=O)[C@H](NC(=O)Oc2ccccc2)C(C)(C)CCNC(=O)OC(C)(C)C)cc1. The molecular formula is C34H44N4O7. The van der Waals surface area contributed by atoms with Gasteiger partial charge in [-0.15, -0.1) is 6.42 Å². The first kappa shape index (κ1) is 34.9. The minimum Gasteiger partial charge on any atom is -0.444 e. The Morgan fingerprint density at radius 1 is 1.00 bits per heavy atom. The van der Waals surface area contributed by atoms with Crippen molar-refractivity contribution in [3.8, 4) is 18.1 Å². The van der Waals surface area contributed by atoms with Gasteiger partial charge < -0.3 is 35.4 Å². The van der Waals surface area contributed by atoms with Gasteiger partial charge >= 0.3 is 12.2 Å². The highest BCUT2D eigenvalue weighted by Crippen LogP contribution is 2.30. The van der Waals surface area contributed by atoms with Crippen LogP contribution in [-0.4, -0.2) is 70.9 Å². The number of para-hydroxylation sites is 1. The molecule has 0 saturated carbocycles. The normalized spacial score (nSPS) is 17.8. The summed E-state index contributed by atoms with van der Waals surface area (Å²) in [6.07, 6.45) is 3.31. The molecule has 1 heterocycles. The van der Waals surface area contributed by atoms with Crippen molar-refractivity contribution in [1.82, 2.24) is 20.9 Å². The van der Waals surface area contributed by atoms with E-state index in [1.165, 1.54) is 4.90 Å². The molecule has 2 aromatic carbocycles. The van der Waals surface area contributed by atoms with E-state index in [1.807, 2.05) is 19.1 Å². The van der Waals surface area contributed by atoms with Gasteiger partial charge in [-0.05, 0) is 69.4 Å². The second kappa shape index (κ2) is 14.9. The van der Waals surface area contributed by atoms with Crippen LogP contribution in [0.5, 0.6) is 5.75 Å². The highest BCUT2D eigenvalue weighted by atomic mass is 16.6. The van der Waals surface area contributed by atoms with Gasteiger partial charge in [-0.1, -0.05) is 50.1 Å². The zero-order valence-corrected chi connectivity index (χ0v) is 26.8. The van der Waals surface area contributed by atoms with Gasteiger partial charge in [-0.25, -0.2) is 9.59 Å². The van der Waals surface area contributed by atoms with E-state index < -0.39 is 59.2 Å². The highest BCUT2D eigenvalue weighted by Gasteiger charge is 2.46. The van der Waals surface area contributed by atoms with E-state index in [4.69, 9.17) is 15.9 Å². The molecule has 45 heavy (non-hydrogen) atoms. The number of hydrogen-bond donors (Lipinski definition) is 4. The number of aliphatic hydroxyl groups excluding tert-OH is 1. The van der Waals surface area contributed by atoms with Crippen LogP contribution in [-0.2, 0) is 14.3 Å². The predicted octanol–water partition coefficient (Wildman–Crippen LogP) is 3.91. The molecule has 1 saturated heterocycles. The molecule has 0 radical (unpaired) electrons. The first-order valence-electron chi connectivity index (χ1n) is 15.0. The van der Waals surface area contributed by atoms with Gasteiger partial charge in [-0.3, -0.25) is 9.59 Å². The van der Waals surface area contributed by atoms with Gasteiger partial charge in [0.1, 0.15) is 23.4 Å². The number of nitrogens with one attached hydrogen (secondary N) is 3. The Morgan fingerprint density at radius 3 is 2.24 bits per heavy atom. The van der Waals surface area contributed by atoms with Crippen molar-refractivity contribution >= 4 is 24.0 Å². The number of aliphatic hydroxyl groups is 1. The molecule has 2 aromatic rings. The van der Waals surface area contributed by atoms with Crippen molar-refractivity contribution in [2.24, 2.45) is 5.41 Å². The summed E-state index contributed by atoms with van der Waals surface area (Å²) < 4.78 is 10.7. The van der Waals surface area contributed by atoms with Gasteiger partial charge in [0.25, 0.3) is 0 Å². The summed E-state index contributed by atoms with van der Waals surface area (Å²) in [5.74, 6) is 1.83. The van der Waals surface area contributed by atoms with Gasteiger partial charge in [0, 0.05) is 25.1 Å². The first-order valence-corrected chi connectivity index (χ1v) is 15.0. The molecule has 0 unspecified atom stereocenters. The molecule has 4 N–H and O–H groups in total. The number of carbonyl (C=O) groups excluding carboxylic acids is 4. The summed E-state index contributed by atoms with van der Waals surface area (Å²) in [6.45, 7) is 10.6. The first-order chi connectivity index (χ1) is 21.1. The summed E-state index contributed by atoms with van der Waals surface area (Å²) >= 11 is 0. The second-order valence-corrected chi connectivity index (χ2v) is 12.8. The monoisotopic (exact) mass is 620 g/mol. The fourth-order valence-corrected chi connectivity index (χ4v) is 5.01. The molecule has 0 aromatic heterocycles. The number of β-amino-alcohol motifs (C(OH)–C–C–N with tert-alkyl or cyclic N) is 1. The number of carbonyl (C=O) groups is 4. The van der Waals surface area contributed by atoms with E-state index >= 15 is 0 Å². The van der Waals surface area contributed by atoms with Crippen molar-refractivity contribution in [2.45, 2.75) is 84.2 Å². The molecule has 0 bridgehead atoms. The summed E-state index contributed by atoms with van der Waals surface area (Å²) in [7, 11) is 0. The number of terminal acetylenes is 1. The Balaban J connectivity index is 1.80. The number of alkyl carbamates (subject to hydrolysis) is 1. The molecule has 1 aliphatic heterocycles. The molecule has 4 atom stereocenters. The van der Waals surface area contributed by atoms with Crippen molar-refractivity contribution in [1.29, 1.82) is 0 Å². The third kappa shape index (κ3) is 10.3. The number of amides is 4. The van der Waals surface area contributed by atoms with E-state index in [9.17, 15) is 24.3 Å². The third-order valence-electron chi connectivity index (χ3n) is 7.48. The van der Waals surface area contributed by atoms with Gasteiger partial charge in [0.15, 0.2) is 0 Å². The van der Waals surface area contributed by atoms with E-state index in [2.05, 4.69) is 21.9 Å². The molecule has 11 heteroatoms. The lowest BCUT2D eigenvalue weighted by Gasteiger charge is -2.37. The van der Waals surface area contributed by atoms with E-state index in [0.717, 1.165) is 5.56 Å². The van der Waals surface area contributed by atoms with E-state index in [-0.39, 0.29) is 31.7 Å². The maximum Gasteiger partial charge on any atom is 0.413 e. The van der Waals surface area contributed by atoms with Crippen LogP contribution >= 0.6 is 0 Å². The highest BCUT2D eigenvalue weighted by molar-refractivity contribution is 5.92. The van der Waals surface area contributed by atoms with Gasteiger partial charge in [0.05, 0.1) is 12.1 Å². The zero-order chi connectivity index (χ0) is 33.4. The van der Waals surface area contributed by atoms with Crippen LogP contribution in [0.25, 0.3) is 0 Å². The zero-order valence-electron chi connectivity index (χ0n) is 26.8. The summed E-state index contributed by atoms with van der Waals surface area (Å²) in [5.41, 5.74) is -0.0975. The van der Waals surface area contributed by atoms with E-state index in [1.54, 1.807) is 77.1 Å². The Bertz CT molecular complexity index is 1380. The smallest absolute Gasteiger partial charge is 0.413 e. The third-order valence-corrected chi connectivity index (χ3v) is 7.48. The van der Waals surface area contributed by atoms with Gasteiger partial charge in [0.2, 0.25) is 11.8 Å². The van der Waals surface area contributed by atoms with Crippen LogP contribution in [0.15, 0.2) is 54.6 Å². The average Bonchev–Trinajstić information content (AvgIpc) is 3.36.